The Bertz CT molecular complexity index is 665. The monoisotopic (exact) mass is 300 g/mol. The van der Waals surface area contributed by atoms with Crippen LogP contribution in [0.3, 0.4) is 0 Å². The molecule has 0 unspecified atom stereocenters. The molecule has 1 fully saturated rings. The Morgan fingerprint density at radius 1 is 1.41 bits per heavy atom. The van der Waals surface area contributed by atoms with Crippen LogP contribution in [0.25, 0.3) is 0 Å². The first kappa shape index (κ1) is 14.8. The number of ether oxygens (including phenoxy) is 1. The largest absolute Gasteiger partial charge is 0.464 e. The number of furan rings is 1. The quantitative estimate of drug-likeness (QED) is 0.874. The summed E-state index contributed by atoms with van der Waals surface area (Å²) in [7, 11) is 0. The van der Waals surface area contributed by atoms with Gasteiger partial charge in [-0.2, -0.15) is 0 Å². The number of nitrogens with zero attached hydrogens (tertiary/aromatic N) is 2. The van der Waals surface area contributed by atoms with Gasteiger partial charge in [0.05, 0.1) is 18.8 Å². The van der Waals surface area contributed by atoms with Crippen LogP contribution in [0.15, 0.2) is 34.9 Å². The van der Waals surface area contributed by atoms with Crippen molar-refractivity contribution in [2.75, 3.05) is 19.8 Å². The molecule has 0 bridgehead atoms. The van der Waals surface area contributed by atoms with Crippen LogP contribution in [-0.2, 0) is 11.2 Å². The molecule has 22 heavy (non-hydrogen) atoms. The van der Waals surface area contributed by atoms with Gasteiger partial charge in [-0.1, -0.05) is 6.92 Å². The van der Waals surface area contributed by atoms with Gasteiger partial charge in [-0.3, -0.25) is 9.78 Å². The molecule has 1 aliphatic rings. The molecule has 0 radical (unpaired) electrons. The van der Waals surface area contributed by atoms with Gasteiger partial charge >= 0.3 is 0 Å². The molecule has 1 aliphatic heterocycles. The molecule has 0 aliphatic carbocycles. The molecule has 5 nitrogen and oxygen atoms in total. The summed E-state index contributed by atoms with van der Waals surface area (Å²) >= 11 is 0. The fraction of sp³-hybridized carbons (Fsp3) is 0.412. The molecule has 2 aromatic rings. The molecule has 0 aromatic carbocycles. The number of amides is 1. The van der Waals surface area contributed by atoms with E-state index in [1.54, 1.807) is 12.3 Å². The van der Waals surface area contributed by atoms with Gasteiger partial charge in [0.15, 0.2) is 0 Å². The van der Waals surface area contributed by atoms with Gasteiger partial charge < -0.3 is 14.1 Å². The SMILES string of the molecule is CCc1ccc([C@H]2COCCN2C(=O)c2cccnc2C)o1. The number of pyridine rings is 1. The normalized spacial score (nSPS) is 18.5. The van der Waals surface area contributed by atoms with Gasteiger partial charge in [-0.15, -0.1) is 0 Å². The zero-order valence-corrected chi connectivity index (χ0v) is 12.9. The summed E-state index contributed by atoms with van der Waals surface area (Å²) in [6.07, 6.45) is 2.53. The van der Waals surface area contributed by atoms with Crippen molar-refractivity contribution in [2.45, 2.75) is 26.3 Å². The molecular formula is C17H20N2O3. The maximum absolute atomic E-state index is 12.9. The Morgan fingerprint density at radius 3 is 3.00 bits per heavy atom. The fourth-order valence-corrected chi connectivity index (χ4v) is 2.71. The summed E-state index contributed by atoms with van der Waals surface area (Å²) in [5, 5.41) is 0. The summed E-state index contributed by atoms with van der Waals surface area (Å²) in [5.74, 6) is 1.69. The zero-order chi connectivity index (χ0) is 15.5. The molecule has 5 heteroatoms. The molecule has 0 saturated carbocycles. The lowest BCUT2D eigenvalue weighted by Gasteiger charge is -2.34. The van der Waals surface area contributed by atoms with E-state index in [0.717, 1.165) is 23.6 Å². The minimum Gasteiger partial charge on any atom is -0.464 e. The highest BCUT2D eigenvalue weighted by Crippen LogP contribution is 2.28. The molecule has 0 N–H and O–H groups in total. The number of carbonyl (C=O) groups excluding carboxylic acids is 1. The Kier molecular flexibility index (Phi) is 4.24. The third kappa shape index (κ3) is 2.76. The number of hydrogen-bond donors (Lipinski definition) is 0. The van der Waals surface area contributed by atoms with Crippen LogP contribution >= 0.6 is 0 Å². The third-order valence-corrected chi connectivity index (χ3v) is 3.99. The highest BCUT2D eigenvalue weighted by Gasteiger charge is 2.32. The van der Waals surface area contributed by atoms with Gasteiger partial charge in [-0.05, 0) is 31.2 Å². The Balaban J connectivity index is 1.89. The topological polar surface area (TPSA) is 55.6 Å². The average Bonchev–Trinajstić information content (AvgIpc) is 3.04. The Hall–Kier alpha value is -2.14. The molecule has 1 atom stereocenters. The summed E-state index contributed by atoms with van der Waals surface area (Å²) in [5.41, 5.74) is 1.38. The molecule has 116 valence electrons. The molecular weight excluding hydrogens is 280 g/mol. The van der Waals surface area contributed by atoms with E-state index in [0.29, 0.717) is 25.3 Å². The number of aromatic nitrogens is 1. The van der Waals surface area contributed by atoms with Crippen molar-refractivity contribution in [3.63, 3.8) is 0 Å². The number of carbonyl (C=O) groups is 1. The van der Waals surface area contributed by atoms with E-state index in [2.05, 4.69) is 4.98 Å². The van der Waals surface area contributed by atoms with E-state index >= 15 is 0 Å². The third-order valence-electron chi connectivity index (χ3n) is 3.99. The van der Waals surface area contributed by atoms with E-state index in [1.165, 1.54) is 0 Å². The van der Waals surface area contributed by atoms with Crippen LogP contribution in [0, 0.1) is 6.92 Å². The zero-order valence-electron chi connectivity index (χ0n) is 12.9. The minimum absolute atomic E-state index is 0.0200. The van der Waals surface area contributed by atoms with E-state index in [1.807, 2.05) is 36.9 Å². The summed E-state index contributed by atoms with van der Waals surface area (Å²) in [6.45, 7) is 5.46. The average molecular weight is 300 g/mol. The summed E-state index contributed by atoms with van der Waals surface area (Å²) < 4.78 is 11.4. The van der Waals surface area contributed by atoms with Crippen LogP contribution in [0.4, 0.5) is 0 Å². The molecule has 2 aromatic heterocycles. The van der Waals surface area contributed by atoms with E-state index in [-0.39, 0.29) is 11.9 Å². The minimum atomic E-state index is -0.179. The molecule has 0 spiro atoms. The van der Waals surface area contributed by atoms with Gasteiger partial charge in [0, 0.05) is 24.9 Å². The smallest absolute Gasteiger partial charge is 0.256 e. The van der Waals surface area contributed by atoms with Crippen molar-refractivity contribution in [2.24, 2.45) is 0 Å². The Morgan fingerprint density at radius 2 is 2.27 bits per heavy atom. The molecule has 3 rings (SSSR count). The highest BCUT2D eigenvalue weighted by molar-refractivity contribution is 5.95. The van der Waals surface area contributed by atoms with Crippen molar-refractivity contribution in [3.8, 4) is 0 Å². The molecule has 3 heterocycles. The van der Waals surface area contributed by atoms with Crippen LogP contribution in [0.2, 0.25) is 0 Å². The fourth-order valence-electron chi connectivity index (χ4n) is 2.71. The maximum atomic E-state index is 12.9. The van der Waals surface area contributed by atoms with Crippen LogP contribution < -0.4 is 0 Å². The Labute approximate surface area is 129 Å². The summed E-state index contributed by atoms with van der Waals surface area (Å²) in [4.78, 5) is 18.9. The lowest BCUT2D eigenvalue weighted by Crippen LogP contribution is -2.43. The second-order valence-corrected chi connectivity index (χ2v) is 5.38. The number of rotatable bonds is 3. The highest BCUT2D eigenvalue weighted by atomic mass is 16.5. The predicted molar refractivity (Wildman–Crippen MR) is 81.7 cm³/mol. The van der Waals surface area contributed by atoms with Crippen LogP contribution in [0.1, 0.15) is 40.5 Å². The molecule has 1 amide bonds. The second kappa shape index (κ2) is 6.32. The first-order valence-corrected chi connectivity index (χ1v) is 7.59. The predicted octanol–water partition coefficient (Wildman–Crippen LogP) is 2.76. The number of morpholine rings is 1. The van der Waals surface area contributed by atoms with Gasteiger partial charge in [-0.25, -0.2) is 0 Å². The van der Waals surface area contributed by atoms with Crippen LogP contribution in [0.5, 0.6) is 0 Å². The van der Waals surface area contributed by atoms with Crippen molar-refractivity contribution >= 4 is 5.91 Å². The first-order valence-electron chi connectivity index (χ1n) is 7.59. The van der Waals surface area contributed by atoms with Crippen molar-refractivity contribution in [1.82, 2.24) is 9.88 Å². The van der Waals surface area contributed by atoms with Gasteiger partial charge in [0.25, 0.3) is 5.91 Å². The molecule has 1 saturated heterocycles. The van der Waals surface area contributed by atoms with Crippen LogP contribution in [-0.4, -0.2) is 35.5 Å². The van der Waals surface area contributed by atoms with Crippen molar-refractivity contribution < 1.29 is 13.9 Å². The van der Waals surface area contributed by atoms with Crippen molar-refractivity contribution in [1.29, 1.82) is 0 Å². The van der Waals surface area contributed by atoms with E-state index < -0.39 is 0 Å². The maximum Gasteiger partial charge on any atom is 0.256 e. The summed E-state index contributed by atoms with van der Waals surface area (Å²) in [6, 6.07) is 7.33. The van der Waals surface area contributed by atoms with E-state index in [9.17, 15) is 4.79 Å². The first-order chi connectivity index (χ1) is 10.7. The van der Waals surface area contributed by atoms with Crippen molar-refractivity contribution in [3.05, 3.63) is 53.2 Å². The lowest BCUT2D eigenvalue weighted by molar-refractivity contribution is -0.00907. The number of aryl methyl sites for hydroxylation is 2. The van der Waals surface area contributed by atoms with Gasteiger partial charge in [0.1, 0.15) is 17.6 Å². The van der Waals surface area contributed by atoms with Gasteiger partial charge in [0.2, 0.25) is 0 Å². The second-order valence-electron chi connectivity index (χ2n) is 5.38. The van der Waals surface area contributed by atoms with E-state index in [4.69, 9.17) is 9.15 Å². The lowest BCUT2D eigenvalue weighted by atomic mass is 10.1. The standard InChI is InChI=1S/C17H20N2O3/c1-3-13-6-7-16(22-13)15-11-21-10-9-19(15)17(20)14-5-4-8-18-12(14)2/h4-8,15H,3,9-11H2,1-2H3/t15-/m1/s1. The number of hydrogen-bond acceptors (Lipinski definition) is 4.